The van der Waals surface area contributed by atoms with Crippen molar-refractivity contribution in [3.63, 3.8) is 0 Å². The molecule has 0 saturated heterocycles. The Kier molecular flexibility index (Phi) is 7.33. The van der Waals surface area contributed by atoms with Gasteiger partial charge in [0.05, 0.1) is 6.61 Å². The maximum absolute atomic E-state index is 12.3. The summed E-state index contributed by atoms with van der Waals surface area (Å²) in [5, 5.41) is 19.6. The first-order valence-corrected chi connectivity index (χ1v) is 6.02. The van der Waals surface area contributed by atoms with Gasteiger partial charge < -0.3 is 20.4 Å². The molecule has 0 aromatic heterocycles. The highest BCUT2D eigenvalue weighted by molar-refractivity contribution is 5.82. The van der Waals surface area contributed by atoms with Crippen LogP contribution in [0.25, 0.3) is 0 Å². The van der Waals surface area contributed by atoms with Gasteiger partial charge in [0, 0.05) is 6.54 Å². The largest absolute Gasteiger partial charge is 0.480 e. The molecule has 0 bridgehead atoms. The van der Waals surface area contributed by atoms with Crippen molar-refractivity contribution >= 4 is 12.0 Å². The average Bonchev–Trinajstić information content (AvgIpc) is 2.24. The van der Waals surface area contributed by atoms with Crippen LogP contribution < -0.4 is 5.32 Å². The number of nitrogens with one attached hydrogen (secondary N) is 1. The van der Waals surface area contributed by atoms with E-state index in [4.69, 9.17) is 10.2 Å². The van der Waals surface area contributed by atoms with E-state index in [9.17, 15) is 22.8 Å². The Bertz CT molecular complexity index is 334. The van der Waals surface area contributed by atoms with Gasteiger partial charge in [0.25, 0.3) is 0 Å². The number of aliphatic carboxylic acids is 1. The quantitative estimate of drug-likeness (QED) is 0.655. The zero-order valence-corrected chi connectivity index (χ0v) is 11.3. The van der Waals surface area contributed by atoms with Crippen molar-refractivity contribution in [2.75, 3.05) is 19.7 Å². The Morgan fingerprint density at radius 3 is 2.20 bits per heavy atom. The number of nitrogens with zero attached hydrogens (tertiary/aromatic N) is 1. The molecule has 0 aromatic carbocycles. The summed E-state index contributed by atoms with van der Waals surface area (Å²) >= 11 is 0. The second kappa shape index (κ2) is 7.93. The van der Waals surface area contributed by atoms with Gasteiger partial charge in [-0.2, -0.15) is 13.2 Å². The number of carbonyl (C=O) groups is 2. The maximum atomic E-state index is 12.3. The van der Waals surface area contributed by atoms with E-state index in [-0.39, 0.29) is 12.3 Å². The van der Waals surface area contributed by atoms with E-state index < -0.39 is 43.9 Å². The fraction of sp³-hybridized carbons (Fsp3) is 0.818. The van der Waals surface area contributed by atoms with Crippen molar-refractivity contribution in [3.8, 4) is 0 Å². The molecule has 1 unspecified atom stereocenters. The lowest BCUT2D eigenvalue weighted by Gasteiger charge is -2.26. The van der Waals surface area contributed by atoms with Crippen LogP contribution in [0, 0.1) is 5.92 Å². The summed E-state index contributed by atoms with van der Waals surface area (Å²) in [4.78, 5) is 22.9. The van der Waals surface area contributed by atoms with Gasteiger partial charge in [0.1, 0.15) is 12.6 Å². The third-order valence-corrected chi connectivity index (χ3v) is 2.33. The molecule has 0 saturated carbocycles. The molecule has 0 radical (unpaired) electrons. The first-order valence-electron chi connectivity index (χ1n) is 6.02. The molecule has 20 heavy (non-hydrogen) atoms. The topological polar surface area (TPSA) is 89.9 Å². The highest BCUT2D eigenvalue weighted by Gasteiger charge is 2.34. The van der Waals surface area contributed by atoms with E-state index >= 15 is 0 Å². The normalized spacial score (nSPS) is 13.2. The standard InChI is InChI=1S/C11H19F3N2O4/c1-7(2)5-8(9(18)19)15-10(20)16(3-4-17)6-11(12,13)14/h7-8,17H,3-6H2,1-2H3,(H,15,20)(H,18,19). The number of carboxylic acids is 1. The minimum absolute atomic E-state index is 0.0506. The van der Waals surface area contributed by atoms with Crippen LogP contribution >= 0.6 is 0 Å². The van der Waals surface area contributed by atoms with Crippen LogP contribution in [-0.4, -0.2) is 59.0 Å². The van der Waals surface area contributed by atoms with Crippen LogP contribution in [0.3, 0.4) is 0 Å². The predicted octanol–water partition coefficient (Wildman–Crippen LogP) is 1.05. The number of carbonyl (C=O) groups excluding carboxylic acids is 1. The highest BCUT2D eigenvalue weighted by atomic mass is 19.4. The summed E-state index contributed by atoms with van der Waals surface area (Å²) in [6, 6.07) is -2.43. The second-order valence-corrected chi connectivity index (χ2v) is 4.73. The lowest BCUT2D eigenvalue weighted by atomic mass is 10.0. The molecule has 0 aliphatic heterocycles. The summed E-state index contributed by atoms with van der Waals surface area (Å²) in [6.45, 7) is 0.727. The van der Waals surface area contributed by atoms with Gasteiger partial charge in [0.15, 0.2) is 0 Å². The van der Waals surface area contributed by atoms with Crippen LogP contribution in [0.4, 0.5) is 18.0 Å². The van der Waals surface area contributed by atoms with Crippen molar-refractivity contribution < 1.29 is 33.0 Å². The number of hydrogen-bond acceptors (Lipinski definition) is 3. The number of urea groups is 1. The monoisotopic (exact) mass is 300 g/mol. The molecule has 0 spiro atoms. The van der Waals surface area contributed by atoms with Crippen molar-refractivity contribution in [3.05, 3.63) is 0 Å². The Morgan fingerprint density at radius 1 is 1.30 bits per heavy atom. The summed E-state index contributed by atoms with van der Waals surface area (Å²) in [5.74, 6) is -1.37. The number of aliphatic hydroxyl groups is 1. The fourth-order valence-corrected chi connectivity index (χ4v) is 1.52. The van der Waals surface area contributed by atoms with Crippen molar-refractivity contribution in [2.24, 2.45) is 5.92 Å². The van der Waals surface area contributed by atoms with E-state index in [1.54, 1.807) is 13.8 Å². The van der Waals surface area contributed by atoms with Crippen LogP contribution in [0.5, 0.6) is 0 Å². The molecule has 3 N–H and O–H groups in total. The summed E-state index contributed by atoms with van der Waals surface area (Å²) in [7, 11) is 0. The number of aliphatic hydroxyl groups excluding tert-OH is 1. The van der Waals surface area contributed by atoms with Gasteiger partial charge >= 0.3 is 18.2 Å². The number of halogens is 3. The number of carboxylic acid groups (broad SMARTS) is 1. The maximum Gasteiger partial charge on any atom is 0.406 e. The Morgan fingerprint density at radius 2 is 1.85 bits per heavy atom. The number of rotatable bonds is 7. The molecule has 0 aromatic rings. The van der Waals surface area contributed by atoms with E-state index in [1.807, 2.05) is 5.32 Å². The van der Waals surface area contributed by atoms with Gasteiger partial charge in [-0.05, 0) is 12.3 Å². The van der Waals surface area contributed by atoms with E-state index in [2.05, 4.69) is 0 Å². The minimum atomic E-state index is -4.62. The molecule has 9 heteroatoms. The zero-order valence-electron chi connectivity index (χ0n) is 11.3. The Balaban J connectivity index is 4.75. The van der Waals surface area contributed by atoms with Gasteiger partial charge in [-0.25, -0.2) is 9.59 Å². The molecule has 0 fully saturated rings. The lowest BCUT2D eigenvalue weighted by Crippen LogP contribution is -2.51. The fourth-order valence-electron chi connectivity index (χ4n) is 1.52. The average molecular weight is 300 g/mol. The summed E-state index contributed by atoms with van der Waals surface area (Å²) < 4.78 is 36.8. The first kappa shape index (κ1) is 18.5. The van der Waals surface area contributed by atoms with Crippen molar-refractivity contribution in [2.45, 2.75) is 32.5 Å². The van der Waals surface area contributed by atoms with E-state index in [0.29, 0.717) is 4.90 Å². The molecule has 0 heterocycles. The van der Waals surface area contributed by atoms with Gasteiger partial charge in [-0.1, -0.05) is 13.8 Å². The molecule has 0 aliphatic rings. The van der Waals surface area contributed by atoms with E-state index in [1.165, 1.54) is 0 Å². The highest BCUT2D eigenvalue weighted by Crippen LogP contribution is 2.16. The van der Waals surface area contributed by atoms with Gasteiger partial charge in [-0.3, -0.25) is 0 Å². The first-order chi connectivity index (χ1) is 9.06. The predicted molar refractivity (Wildman–Crippen MR) is 64.1 cm³/mol. The smallest absolute Gasteiger partial charge is 0.406 e. The van der Waals surface area contributed by atoms with Crippen LogP contribution in [0.15, 0.2) is 0 Å². The van der Waals surface area contributed by atoms with Crippen molar-refractivity contribution in [1.82, 2.24) is 10.2 Å². The molecule has 0 rings (SSSR count). The second-order valence-electron chi connectivity index (χ2n) is 4.73. The van der Waals surface area contributed by atoms with Crippen LogP contribution in [0.1, 0.15) is 20.3 Å². The molecule has 2 amide bonds. The molecule has 0 aliphatic carbocycles. The molecular weight excluding hydrogens is 281 g/mol. The summed E-state index contributed by atoms with van der Waals surface area (Å²) in [5.41, 5.74) is 0. The molecule has 118 valence electrons. The van der Waals surface area contributed by atoms with Gasteiger partial charge in [-0.15, -0.1) is 0 Å². The lowest BCUT2D eigenvalue weighted by molar-refractivity contribution is -0.141. The Labute approximate surface area is 114 Å². The number of alkyl halides is 3. The molecular formula is C11H19F3N2O4. The zero-order chi connectivity index (χ0) is 15.9. The third-order valence-electron chi connectivity index (χ3n) is 2.33. The third kappa shape index (κ3) is 7.82. The Hall–Kier alpha value is -1.51. The molecule has 6 nitrogen and oxygen atoms in total. The van der Waals surface area contributed by atoms with Crippen LogP contribution in [-0.2, 0) is 4.79 Å². The minimum Gasteiger partial charge on any atom is -0.480 e. The molecule has 1 atom stereocenters. The van der Waals surface area contributed by atoms with E-state index in [0.717, 1.165) is 0 Å². The van der Waals surface area contributed by atoms with Crippen LogP contribution in [0.2, 0.25) is 0 Å². The number of hydrogen-bond donors (Lipinski definition) is 3. The van der Waals surface area contributed by atoms with Gasteiger partial charge in [0.2, 0.25) is 0 Å². The number of amides is 2. The van der Waals surface area contributed by atoms with Crippen molar-refractivity contribution in [1.29, 1.82) is 0 Å². The SMILES string of the molecule is CC(C)CC(NC(=O)N(CCO)CC(F)(F)F)C(=O)O. The summed E-state index contributed by atoms with van der Waals surface area (Å²) in [6.07, 6.45) is -4.52.